The van der Waals surface area contributed by atoms with E-state index in [1.165, 1.54) is 6.07 Å². The topological polar surface area (TPSA) is 61.8 Å². The lowest BCUT2D eigenvalue weighted by molar-refractivity contribution is -0.137. The number of piperidine rings is 1. The van der Waals surface area contributed by atoms with E-state index in [0.717, 1.165) is 56.6 Å². The van der Waals surface area contributed by atoms with E-state index >= 15 is 0 Å². The predicted molar refractivity (Wildman–Crippen MR) is 118 cm³/mol. The summed E-state index contributed by atoms with van der Waals surface area (Å²) in [6, 6.07) is 10.5. The molecule has 33 heavy (non-hydrogen) atoms. The lowest BCUT2D eigenvalue weighted by Crippen LogP contribution is -2.36. The molecule has 1 amide bonds. The third-order valence-corrected chi connectivity index (χ3v) is 6.81. The Hall–Kier alpha value is -2.74. The molecule has 1 saturated heterocycles. The fourth-order valence-corrected chi connectivity index (χ4v) is 4.78. The number of rotatable bonds is 7. The van der Waals surface area contributed by atoms with Crippen LogP contribution in [-0.4, -0.2) is 35.6 Å². The highest BCUT2D eigenvalue weighted by molar-refractivity contribution is 5.82. The first-order valence-electron chi connectivity index (χ1n) is 11.3. The fourth-order valence-electron chi connectivity index (χ4n) is 4.78. The number of alkyl halides is 3. The number of aromatic hydroxyl groups is 1. The summed E-state index contributed by atoms with van der Waals surface area (Å²) in [6.07, 6.45) is -1.71. The van der Waals surface area contributed by atoms with E-state index in [4.69, 9.17) is 4.74 Å². The Labute approximate surface area is 191 Å². The molecular weight excluding hydrogens is 433 g/mol. The summed E-state index contributed by atoms with van der Waals surface area (Å²) in [5.74, 6) is 0.489. The molecule has 2 N–H and O–H groups in total. The largest absolute Gasteiger partial charge is 0.504 e. The van der Waals surface area contributed by atoms with Crippen LogP contribution < -0.4 is 10.1 Å². The van der Waals surface area contributed by atoms with Gasteiger partial charge in [0.25, 0.3) is 0 Å². The third kappa shape index (κ3) is 5.43. The van der Waals surface area contributed by atoms with Gasteiger partial charge in [0.15, 0.2) is 11.5 Å². The number of nitrogens with zero attached hydrogens (tertiary/aromatic N) is 1. The minimum Gasteiger partial charge on any atom is -0.504 e. The van der Waals surface area contributed by atoms with Crippen molar-refractivity contribution in [3.05, 3.63) is 59.2 Å². The normalized spacial score (nSPS) is 19.9. The van der Waals surface area contributed by atoms with Gasteiger partial charge in [0.05, 0.1) is 12.2 Å². The standard InChI is InChI=1S/C25H29F3N2O3/c1-2-33-22-13-18(6-7-21(22)31)16-30-10-8-24(9-11-30)14-20(24)23(32)29-15-17-4-3-5-19(12-17)25(26,27)28/h3-7,12-13,20,31H,2,8-11,14-16H2,1H3,(H,29,32)/t20-/m0/s1. The zero-order chi connectivity index (χ0) is 23.6. The molecule has 2 aromatic carbocycles. The van der Waals surface area contributed by atoms with Gasteiger partial charge >= 0.3 is 6.18 Å². The van der Waals surface area contributed by atoms with Crippen molar-refractivity contribution in [2.24, 2.45) is 11.3 Å². The van der Waals surface area contributed by atoms with E-state index in [-0.39, 0.29) is 29.5 Å². The Kier molecular flexibility index (Phi) is 6.56. The molecule has 0 bridgehead atoms. The Balaban J connectivity index is 1.26. The van der Waals surface area contributed by atoms with Gasteiger partial charge in [0.1, 0.15) is 0 Å². The lowest BCUT2D eigenvalue weighted by Gasteiger charge is -2.33. The van der Waals surface area contributed by atoms with Crippen molar-refractivity contribution in [1.82, 2.24) is 10.2 Å². The zero-order valence-electron chi connectivity index (χ0n) is 18.6. The molecule has 1 saturated carbocycles. The highest BCUT2D eigenvalue weighted by Gasteiger charge is 2.58. The molecular formula is C25H29F3N2O3. The third-order valence-electron chi connectivity index (χ3n) is 6.81. The molecule has 1 spiro atoms. The number of carbonyl (C=O) groups excluding carboxylic acids is 1. The van der Waals surface area contributed by atoms with Crippen LogP contribution in [-0.2, 0) is 24.1 Å². The van der Waals surface area contributed by atoms with E-state index in [1.54, 1.807) is 12.1 Å². The molecule has 1 aliphatic heterocycles. The lowest BCUT2D eigenvalue weighted by atomic mass is 9.90. The van der Waals surface area contributed by atoms with Gasteiger partial charge < -0.3 is 15.2 Å². The summed E-state index contributed by atoms with van der Waals surface area (Å²) in [4.78, 5) is 15.0. The first-order chi connectivity index (χ1) is 15.7. The number of phenols is 1. The van der Waals surface area contributed by atoms with Crippen LogP contribution in [0, 0.1) is 11.3 Å². The molecule has 2 fully saturated rings. The van der Waals surface area contributed by atoms with Crippen molar-refractivity contribution < 1.29 is 27.8 Å². The summed E-state index contributed by atoms with van der Waals surface area (Å²) in [5.41, 5.74) is 0.827. The average Bonchev–Trinajstić information content (AvgIpc) is 3.49. The number of phenolic OH excluding ortho intramolecular Hbond substituents is 1. The Morgan fingerprint density at radius 3 is 2.64 bits per heavy atom. The van der Waals surface area contributed by atoms with Crippen LogP contribution in [0.3, 0.4) is 0 Å². The first kappa shape index (κ1) is 23.4. The van der Waals surface area contributed by atoms with Crippen molar-refractivity contribution >= 4 is 5.91 Å². The summed E-state index contributed by atoms with van der Waals surface area (Å²) in [5, 5.41) is 12.7. The van der Waals surface area contributed by atoms with E-state index in [1.807, 2.05) is 19.1 Å². The quantitative estimate of drug-likeness (QED) is 0.625. The van der Waals surface area contributed by atoms with Gasteiger partial charge in [-0.2, -0.15) is 13.2 Å². The van der Waals surface area contributed by atoms with Crippen LogP contribution in [0.5, 0.6) is 11.5 Å². The molecule has 178 valence electrons. The monoisotopic (exact) mass is 462 g/mol. The maximum Gasteiger partial charge on any atom is 0.416 e. The number of carbonyl (C=O) groups is 1. The number of hydrogen-bond donors (Lipinski definition) is 2. The molecule has 5 nitrogen and oxygen atoms in total. The van der Waals surface area contributed by atoms with E-state index < -0.39 is 11.7 Å². The SMILES string of the molecule is CCOc1cc(CN2CCC3(CC2)C[C@H]3C(=O)NCc2cccc(C(F)(F)F)c2)ccc1O. The molecule has 4 rings (SSSR count). The molecule has 0 radical (unpaired) electrons. The van der Waals surface area contributed by atoms with E-state index in [9.17, 15) is 23.1 Å². The van der Waals surface area contributed by atoms with Crippen LogP contribution >= 0.6 is 0 Å². The van der Waals surface area contributed by atoms with Crippen molar-refractivity contribution in [1.29, 1.82) is 0 Å². The highest BCUT2D eigenvalue weighted by Crippen LogP contribution is 2.59. The van der Waals surface area contributed by atoms with Gasteiger partial charge in [0.2, 0.25) is 5.91 Å². The van der Waals surface area contributed by atoms with Crippen molar-refractivity contribution in [2.45, 2.75) is 45.5 Å². The molecule has 8 heteroatoms. The number of amides is 1. The van der Waals surface area contributed by atoms with E-state index in [2.05, 4.69) is 10.2 Å². The van der Waals surface area contributed by atoms with Gasteiger partial charge in [-0.1, -0.05) is 18.2 Å². The Morgan fingerprint density at radius 2 is 1.94 bits per heavy atom. The molecule has 1 aliphatic carbocycles. The second kappa shape index (κ2) is 9.25. The van der Waals surface area contributed by atoms with Gasteiger partial charge in [-0.25, -0.2) is 0 Å². The van der Waals surface area contributed by atoms with Crippen molar-refractivity contribution in [3.8, 4) is 11.5 Å². The summed E-state index contributed by atoms with van der Waals surface area (Å²) >= 11 is 0. The summed E-state index contributed by atoms with van der Waals surface area (Å²) < 4.78 is 44.1. The van der Waals surface area contributed by atoms with Gasteiger partial charge in [-0.15, -0.1) is 0 Å². The average molecular weight is 463 g/mol. The molecule has 1 heterocycles. The Morgan fingerprint density at radius 1 is 1.18 bits per heavy atom. The van der Waals surface area contributed by atoms with Crippen molar-refractivity contribution in [3.63, 3.8) is 0 Å². The zero-order valence-corrected chi connectivity index (χ0v) is 18.6. The number of hydrogen-bond acceptors (Lipinski definition) is 4. The van der Waals surface area contributed by atoms with Gasteiger partial charge in [-0.3, -0.25) is 9.69 Å². The number of ether oxygens (including phenoxy) is 1. The Bertz CT molecular complexity index is 1000. The van der Waals surface area contributed by atoms with Crippen LogP contribution in [0.2, 0.25) is 0 Å². The second-order valence-corrected chi connectivity index (χ2v) is 9.05. The molecule has 2 aliphatic rings. The molecule has 0 unspecified atom stereocenters. The smallest absolute Gasteiger partial charge is 0.416 e. The van der Waals surface area contributed by atoms with Gasteiger partial charge in [-0.05, 0) is 80.1 Å². The first-order valence-corrected chi connectivity index (χ1v) is 11.3. The van der Waals surface area contributed by atoms with Crippen molar-refractivity contribution in [2.75, 3.05) is 19.7 Å². The minimum atomic E-state index is -4.39. The summed E-state index contributed by atoms with van der Waals surface area (Å²) in [7, 11) is 0. The summed E-state index contributed by atoms with van der Waals surface area (Å²) in [6.45, 7) is 4.97. The number of nitrogens with one attached hydrogen (secondary N) is 1. The predicted octanol–water partition coefficient (Wildman–Crippen LogP) is 4.73. The van der Waals surface area contributed by atoms with Crippen LogP contribution in [0.25, 0.3) is 0 Å². The maximum absolute atomic E-state index is 12.9. The minimum absolute atomic E-state index is 0.0137. The van der Waals surface area contributed by atoms with Crippen LogP contribution in [0.15, 0.2) is 42.5 Å². The molecule has 1 atom stereocenters. The second-order valence-electron chi connectivity index (χ2n) is 9.05. The number of benzene rings is 2. The number of likely N-dealkylation sites (tertiary alicyclic amines) is 1. The number of halogens is 3. The van der Waals surface area contributed by atoms with Crippen LogP contribution in [0.4, 0.5) is 13.2 Å². The fraction of sp³-hybridized carbons (Fsp3) is 0.480. The molecule has 2 aromatic rings. The highest BCUT2D eigenvalue weighted by atomic mass is 19.4. The van der Waals surface area contributed by atoms with Gasteiger partial charge in [0, 0.05) is 19.0 Å². The molecule has 0 aromatic heterocycles. The maximum atomic E-state index is 12.9. The van der Waals surface area contributed by atoms with Crippen LogP contribution in [0.1, 0.15) is 42.9 Å². The van der Waals surface area contributed by atoms with E-state index in [0.29, 0.717) is 17.9 Å².